The van der Waals surface area contributed by atoms with Crippen LogP contribution in [0.4, 0.5) is 0 Å². The molecule has 13 nitrogen and oxygen atoms in total. The Morgan fingerprint density at radius 1 is 0.900 bits per heavy atom. The van der Waals surface area contributed by atoms with Crippen LogP contribution in [0, 0.1) is 0 Å². The van der Waals surface area contributed by atoms with Crippen LogP contribution in [0.3, 0.4) is 0 Å². The van der Waals surface area contributed by atoms with E-state index in [2.05, 4.69) is 0 Å². The Balaban J connectivity index is 1.46. The largest absolute Gasteiger partial charge is 0.547 e. The third-order valence-electron chi connectivity index (χ3n) is 7.74. The number of carbonyl (C=O) groups is 1. The molecule has 40 heavy (non-hydrogen) atoms. The van der Waals surface area contributed by atoms with Crippen LogP contribution in [0.5, 0.6) is 0 Å². The fourth-order valence-electron chi connectivity index (χ4n) is 5.38. The summed E-state index contributed by atoms with van der Waals surface area (Å²) in [5, 5.41) is 74.0. The predicted octanol–water partition coefficient (Wildman–Crippen LogP) is -2.66. The van der Waals surface area contributed by atoms with E-state index in [-0.39, 0.29) is 6.42 Å². The van der Waals surface area contributed by atoms with Gasteiger partial charge in [0.1, 0.15) is 48.8 Å². The van der Waals surface area contributed by atoms with Crippen molar-refractivity contribution in [3.05, 3.63) is 35.9 Å². The standard InChI is InChI=1S/C27H40O13/c1-13-19(29)21(31)22(32)26(36-13)38-15-9-5-6-10-16(15)39-27-23(33)24(20(30)18(12-28)40-27)37-17(25(34)35)11-14-7-3-2-4-8-14/h2-4,7-8,13,15-24,26-33H,5-6,9-12H2,1H3,(H,34,35)/p-1/t13-,15+,16+,17-,18-,19+,20-,21-,22-,23-,24-,26-,27+/m0/s1. The van der Waals surface area contributed by atoms with Crippen molar-refractivity contribution < 1.29 is 64.2 Å². The number of carboxylic acids is 1. The van der Waals surface area contributed by atoms with Crippen molar-refractivity contribution >= 4 is 5.97 Å². The molecule has 0 amide bonds. The van der Waals surface area contributed by atoms with Crippen molar-refractivity contribution in [1.82, 2.24) is 0 Å². The van der Waals surface area contributed by atoms with Gasteiger partial charge in [0.2, 0.25) is 0 Å². The summed E-state index contributed by atoms with van der Waals surface area (Å²) in [7, 11) is 0. The highest BCUT2D eigenvalue weighted by molar-refractivity contribution is 5.70. The van der Waals surface area contributed by atoms with E-state index in [0.29, 0.717) is 18.4 Å². The van der Waals surface area contributed by atoms with Gasteiger partial charge in [0.15, 0.2) is 12.6 Å². The molecule has 0 bridgehead atoms. The number of aliphatic carboxylic acids is 1. The Hall–Kier alpha value is -1.75. The fourth-order valence-corrected chi connectivity index (χ4v) is 5.38. The van der Waals surface area contributed by atoms with Crippen LogP contribution in [-0.2, 0) is 34.9 Å². The summed E-state index contributed by atoms with van der Waals surface area (Å²) in [5.74, 6) is -1.54. The van der Waals surface area contributed by atoms with Gasteiger partial charge in [-0.25, -0.2) is 0 Å². The van der Waals surface area contributed by atoms with Gasteiger partial charge < -0.3 is 64.2 Å². The highest BCUT2D eigenvalue weighted by atomic mass is 16.7. The van der Waals surface area contributed by atoms with Crippen LogP contribution in [0.15, 0.2) is 30.3 Å². The minimum atomic E-state index is -1.65. The van der Waals surface area contributed by atoms with Crippen LogP contribution in [0.2, 0.25) is 0 Å². The normalized spacial score (nSPS) is 41.4. The van der Waals surface area contributed by atoms with Crippen LogP contribution < -0.4 is 5.11 Å². The van der Waals surface area contributed by atoms with Gasteiger partial charge in [-0.15, -0.1) is 0 Å². The number of ether oxygens (including phenoxy) is 5. The van der Waals surface area contributed by atoms with E-state index in [1.165, 1.54) is 6.92 Å². The van der Waals surface area contributed by atoms with E-state index in [4.69, 9.17) is 23.7 Å². The molecule has 1 aromatic rings. The average molecular weight is 572 g/mol. The van der Waals surface area contributed by atoms with Gasteiger partial charge in [-0.2, -0.15) is 0 Å². The van der Waals surface area contributed by atoms with Gasteiger partial charge in [-0.05, 0) is 25.3 Å². The van der Waals surface area contributed by atoms with Gasteiger partial charge in [0, 0.05) is 6.42 Å². The molecule has 0 unspecified atom stereocenters. The van der Waals surface area contributed by atoms with Crippen LogP contribution in [0.25, 0.3) is 0 Å². The third-order valence-corrected chi connectivity index (χ3v) is 7.74. The number of carboxylic acid groups (broad SMARTS) is 1. The number of hydrogen-bond acceptors (Lipinski definition) is 13. The quantitative estimate of drug-likeness (QED) is 0.170. The Bertz CT molecular complexity index is 934. The number of benzene rings is 1. The molecule has 226 valence electrons. The first-order chi connectivity index (χ1) is 19.1. The Labute approximate surface area is 231 Å². The van der Waals surface area contributed by atoms with E-state index in [9.17, 15) is 40.5 Å². The molecule has 2 aliphatic heterocycles. The number of aliphatic hydroxyl groups is 6. The predicted molar refractivity (Wildman–Crippen MR) is 132 cm³/mol. The number of rotatable bonds is 10. The van der Waals surface area contributed by atoms with Crippen molar-refractivity contribution in [2.75, 3.05) is 6.61 Å². The molecule has 1 saturated carbocycles. The molecule has 0 spiro atoms. The molecule has 0 radical (unpaired) electrons. The molecule has 2 saturated heterocycles. The zero-order valence-corrected chi connectivity index (χ0v) is 22.2. The minimum absolute atomic E-state index is 0.0868. The van der Waals surface area contributed by atoms with Gasteiger partial charge in [-0.1, -0.05) is 43.2 Å². The number of carbonyl (C=O) groups excluding carboxylic acids is 1. The second kappa shape index (κ2) is 13.9. The zero-order chi connectivity index (χ0) is 29.0. The lowest BCUT2D eigenvalue weighted by Gasteiger charge is -2.46. The lowest BCUT2D eigenvalue weighted by atomic mass is 9.93. The highest BCUT2D eigenvalue weighted by Crippen LogP contribution is 2.33. The third kappa shape index (κ3) is 7.17. The fraction of sp³-hybridized carbons (Fsp3) is 0.741. The molecular formula is C27H39O13-. The Morgan fingerprint density at radius 2 is 1.50 bits per heavy atom. The topological polar surface area (TPSA) is 208 Å². The lowest BCUT2D eigenvalue weighted by molar-refractivity contribution is -0.351. The van der Waals surface area contributed by atoms with Crippen LogP contribution in [-0.4, -0.2) is 123 Å². The van der Waals surface area contributed by atoms with E-state index in [1.807, 2.05) is 0 Å². The summed E-state index contributed by atoms with van der Waals surface area (Å²) < 4.78 is 28.9. The van der Waals surface area contributed by atoms with Gasteiger partial charge in [-0.3, -0.25) is 0 Å². The molecular weight excluding hydrogens is 532 g/mol. The van der Waals surface area contributed by atoms with Crippen LogP contribution in [0.1, 0.15) is 38.2 Å². The zero-order valence-electron chi connectivity index (χ0n) is 22.2. The van der Waals surface area contributed by atoms with Gasteiger partial charge in [0.25, 0.3) is 0 Å². The highest BCUT2D eigenvalue weighted by Gasteiger charge is 2.49. The smallest absolute Gasteiger partial charge is 0.187 e. The van der Waals surface area contributed by atoms with Crippen molar-refractivity contribution in [1.29, 1.82) is 0 Å². The molecule has 1 aromatic carbocycles. The summed E-state index contributed by atoms with van der Waals surface area (Å²) in [4.78, 5) is 11.9. The summed E-state index contributed by atoms with van der Waals surface area (Å²) in [6, 6.07) is 8.64. The summed E-state index contributed by atoms with van der Waals surface area (Å²) in [5.41, 5.74) is 0.639. The Morgan fingerprint density at radius 3 is 2.08 bits per heavy atom. The van der Waals surface area contributed by atoms with E-state index in [0.717, 1.165) is 12.8 Å². The molecule has 1 aliphatic carbocycles. The second-order valence-corrected chi connectivity index (χ2v) is 10.6. The first kappa shape index (κ1) is 31.2. The van der Waals surface area contributed by atoms with Crippen molar-refractivity contribution in [2.24, 2.45) is 0 Å². The molecule has 13 atom stereocenters. The molecule has 3 aliphatic rings. The molecule has 2 heterocycles. The van der Waals surface area contributed by atoms with Crippen molar-refractivity contribution in [3.8, 4) is 0 Å². The average Bonchev–Trinajstić information content (AvgIpc) is 2.95. The maximum Gasteiger partial charge on any atom is 0.187 e. The van der Waals surface area contributed by atoms with Gasteiger partial charge >= 0.3 is 0 Å². The second-order valence-electron chi connectivity index (χ2n) is 10.6. The van der Waals surface area contributed by atoms with E-state index in [1.54, 1.807) is 30.3 Å². The maximum atomic E-state index is 11.9. The molecule has 3 fully saturated rings. The van der Waals surface area contributed by atoms with Crippen LogP contribution >= 0.6 is 0 Å². The number of hydrogen-bond donors (Lipinski definition) is 6. The molecule has 6 N–H and O–H groups in total. The number of aliphatic hydroxyl groups excluding tert-OH is 6. The van der Waals surface area contributed by atoms with Gasteiger partial charge in [0.05, 0.1) is 30.9 Å². The minimum Gasteiger partial charge on any atom is -0.547 e. The Kier molecular flexibility index (Phi) is 10.9. The molecule has 0 aromatic heterocycles. The van der Waals surface area contributed by atoms with E-state index >= 15 is 0 Å². The van der Waals surface area contributed by atoms with Crippen molar-refractivity contribution in [2.45, 2.75) is 119 Å². The summed E-state index contributed by atoms with van der Waals surface area (Å²) >= 11 is 0. The maximum absolute atomic E-state index is 11.9. The van der Waals surface area contributed by atoms with E-state index < -0.39 is 92.3 Å². The molecule has 13 heteroatoms. The summed E-state index contributed by atoms with van der Waals surface area (Å²) in [6.07, 6.45) is -14.2. The molecule has 4 rings (SSSR count). The summed E-state index contributed by atoms with van der Waals surface area (Å²) in [6.45, 7) is 0.877. The lowest BCUT2D eigenvalue weighted by Crippen LogP contribution is -2.63. The van der Waals surface area contributed by atoms with Crippen molar-refractivity contribution in [3.63, 3.8) is 0 Å². The first-order valence-corrected chi connectivity index (χ1v) is 13.6. The monoisotopic (exact) mass is 571 g/mol. The SMILES string of the molecule is C[C@@H]1O[C@@H](O[C@@H]2CCCC[C@H]2O[C@@H]2O[C@@H](CO)[C@H](O)[C@H](O[C@@H](Cc3ccccc3)C(=O)[O-])[C@@H]2O)[C@@H](O)[C@@H](O)[C@@H]1O. The first-order valence-electron chi connectivity index (χ1n) is 13.6.